The Morgan fingerprint density at radius 3 is 2.31 bits per heavy atom. The number of hydrogen-bond donors (Lipinski definition) is 2. The molecule has 1 aliphatic heterocycles. The lowest BCUT2D eigenvalue weighted by molar-refractivity contribution is 0.0341. The highest BCUT2D eigenvalue weighted by atomic mass is 16.5. The number of nitrogens with zero attached hydrogens (tertiary/aromatic N) is 2. The highest BCUT2D eigenvalue weighted by Gasteiger charge is 2.12. The number of ether oxygens (including phenoxy) is 2. The van der Waals surface area contributed by atoms with E-state index in [0.717, 1.165) is 51.9 Å². The highest BCUT2D eigenvalue weighted by molar-refractivity contribution is 5.79. The maximum Gasteiger partial charge on any atom is 0.191 e. The summed E-state index contributed by atoms with van der Waals surface area (Å²) in [5.74, 6) is 0.798. The summed E-state index contributed by atoms with van der Waals surface area (Å²) in [6, 6.07) is 17.0. The van der Waals surface area contributed by atoms with Gasteiger partial charge < -0.3 is 20.1 Å². The van der Waals surface area contributed by atoms with Crippen LogP contribution in [0.4, 0.5) is 0 Å². The Hall–Kier alpha value is -2.41. The Bertz CT molecular complexity index is 771. The van der Waals surface area contributed by atoms with E-state index in [4.69, 9.17) is 9.47 Å². The first-order valence-corrected chi connectivity index (χ1v) is 10.2. The van der Waals surface area contributed by atoms with E-state index in [9.17, 15) is 0 Å². The minimum absolute atomic E-state index is 0.640. The summed E-state index contributed by atoms with van der Waals surface area (Å²) in [5.41, 5.74) is 5.04. The molecule has 1 fully saturated rings. The number of nitrogens with one attached hydrogen (secondary N) is 2. The molecule has 1 heterocycles. The van der Waals surface area contributed by atoms with E-state index in [1.807, 2.05) is 0 Å². The lowest BCUT2D eigenvalue weighted by atomic mass is 10.1. The van der Waals surface area contributed by atoms with E-state index >= 15 is 0 Å². The van der Waals surface area contributed by atoms with Gasteiger partial charge in [-0.2, -0.15) is 0 Å². The van der Waals surface area contributed by atoms with Gasteiger partial charge in [0.05, 0.1) is 19.8 Å². The van der Waals surface area contributed by atoms with E-state index in [-0.39, 0.29) is 0 Å². The van der Waals surface area contributed by atoms with E-state index in [1.165, 1.54) is 22.3 Å². The molecule has 6 heteroatoms. The molecule has 6 nitrogen and oxygen atoms in total. The summed E-state index contributed by atoms with van der Waals surface area (Å²) in [5, 5.41) is 6.83. The summed E-state index contributed by atoms with van der Waals surface area (Å²) in [6.07, 6.45) is 0. The van der Waals surface area contributed by atoms with E-state index in [0.29, 0.717) is 6.61 Å². The van der Waals surface area contributed by atoms with Crippen molar-refractivity contribution in [3.8, 4) is 0 Å². The second-order valence-corrected chi connectivity index (χ2v) is 7.19. The van der Waals surface area contributed by atoms with Crippen LogP contribution >= 0.6 is 0 Å². The molecule has 0 radical (unpaired) electrons. The molecule has 29 heavy (non-hydrogen) atoms. The number of hydrogen-bond acceptors (Lipinski definition) is 4. The van der Waals surface area contributed by atoms with Crippen molar-refractivity contribution in [1.29, 1.82) is 0 Å². The van der Waals surface area contributed by atoms with Gasteiger partial charge in [-0.3, -0.25) is 9.89 Å². The number of rotatable bonds is 8. The molecular formula is C23H32N4O2. The summed E-state index contributed by atoms with van der Waals surface area (Å²) in [4.78, 5) is 6.81. The molecule has 0 unspecified atom stereocenters. The predicted octanol–water partition coefficient (Wildman–Crippen LogP) is 2.53. The lowest BCUT2D eigenvalue weighted by Gasteiger charge is -2.27. The number of guanidine groups is 1. The van der Waals surface area contributed by atoms with Crippen LogP contribution in [-0.2, 0) is 35.7 Å². The van der Waals surface area contributed by atoms with Crippen molar-refractivity contribution in [2.75, 3.05) is 40.5 Å². The van der Waals surface area contributed by atoms with Crippen LogP contribution in [0.2, 0.25) is 0 Å². The summed E-state index contributed by atoms with van der Waals surface area (Å²) >= 11 is 0. The second kappa shape index (κ2) is 11.6. The predicted molar refractivity (Wildman–Crippen MR) is 117 cm³/mol. The number of methoxy groups -OCH3 is 1. The third kappa shape index (κ3) is 6.85. The van der Waals surface area contributed by atoms with Crippen LogP contribution in [0.15, 0.2) is 53.5 Å². The van der Waals surface area contributed by atoms with Crippen LogP contribution < -0.4 is 10.6 Å². The van der Waals surface area contributed by atoms with Crippen molar-refractivity contribution < 1.29 is 9.47 Å². The summed E-state index contributed by atoms with van der Waals surface area (Å²) in [7, 11) is 3.51. The van der Waals surface area contributed by atoms with Gasteiger partial charge in [-0.25, -0.2) is 0 Å². The lowest BCUT2D eigenvalue weighted by Crippen LogP contribution is -2.37. The maximum atomic E-state index is 5.46. The molecule has 2 aromatic rings. The van der Waals surface area contributed by atoms with Gasteiger partial charge in [-0.1, -0.05) is 48.5 Å². The van der Waals surface area contributed by atoms with E-state index < -0.39 is 0 Å². The van der Waals surface area contributed by atoms with Crippen LogP contribution in [-0.4, -0.2) is 51.3 Å². The maximum absolute atomic E-state index is 5.46. The zero-order chi connectivity index (χ0) is 20.3. The van der Waals surface area contributed by atoms with Crippen molar-refractivity contribution in [3.63, 3.8) is 0 Å². The van der Waals surface area contributed by atoms with Crippen molar-refractivity contribution >= 4 is 5.96 Å². The first-order valence-electron chi connectivity index (χ1n) is 10.2. The van der Waals surface area contributed by atoms with Crippen molar-refractivity contribution in [1.82, 2.24) is 15.5 Å². The largest absolute Gasteiger partial charge is 0.380 e. The molecule has 0 amide bonds. The Morgan fingerprint density at radius 1 is 0.966 bits per heavy atom. The Kier molecular flexibility index (Phi) is 8.49. The van der Waals surface area contributed by atoms with Gasteiger partial charge in [0.25, 0.3) is 0 Å². The Labute approximate surface area is 173 Å². The van der Waals surface area contributed by atoms with Crippen molar-refractivity contribution in [2.24, 2.45) is 4.99 Å². The normalized spacial score (nSPS) is 15.3. The van der Waals surface area contributed by atoms with Gasteiger partial charge in [0.2, 0.25) is 0 Å². The third-order valence-corrected chi connectivity index (χ3v) is 5.08. The number of benzene rings is 2. The smallest absolute Gasteiger partial charge is 0.191 e. The fourth-order valence-corrected chi connectivity index (χ4v) is 3.39. The average Bonchev–Trinajstić information content (AvgIpc) is 2.77. The summed E-state index contributed by atoms with van der Waals surface area (Å²) < 4.78 is 10.6. The Morgan fingerprint density at radius 2 is 1.62 bits per heavy atom. The van der Waals surface area contributed by atoms with E-state index in [2.05, 4.69) is 69.1 Å². The van der Waals surface area contributed by atoms with Crippen LogP contribution in [0.25, 0.3) is 0 Å². The fourth-order valence-electron chi connectivity index (χ4n) is 3.39. The highest BCUT2D eigenvalue weighted by Crippen LogP contribution is 2.13. The van der Waals surface area contributed by atoms with Crippen molar-refractivity contribution in [2.45, 2.75) is 26.2 Å². The van der Waals surface area contributed by atoms with Gasteiger partial charge in [-0.05, 0) is 22.3 Å². The van der Waals surface area contributed by atoms with Gasteiger partial charge in [-0.15, -0.1) is 0 Å². The zero-order valence-corrected chi connectivity index (χ0v) is 17.5. The van der Waals surface area contributed by atoms with Crippen LogP contribution in [0.3, 0.4) is 0 Å². The minimum Gasteiger partial charge on any atom is -0.380 e. The standard InChI is InChI=1S/C23H32N4O2/c1-24-23(25-15-19-7-9-20(10-8-19)18-28-2)26-16-21-5-3-4-6-22(21)17-27-11-13-29-14-12-27/h3-10H,11-18H2,1-2H3,(H2,24,25,26). The molecular weight excluding hydrogens is 364 g/mol. The van der Waals surface area contributed by atoms with Crippen LogP contribution in [0.5, 0.6) is 0 Å². The molecule has 0 spiro atoms. The fraction of sp³-hybridized carbons (Fsp3) is 0.435. The van der Waals surface area contributed by atoms with Crippen molar-refractivity contribution in [3.05, 3.63) is 70.8 Å². The molecule has 2 aromatic carbocycles. The molecule has 0 aromatic heterocycles. The molecule has 0 bridgehead atoms. The SMILES string of the molecule is CN=C(NCc1ccc(COC)cc1)NCc1ccccc1CN1CCOCC1. The average molecular weight is 397 g/mol. The zero-order valence-electron chi connectivity index (χ0n) is 17.5. The van der Waals surface area contributed by atoms with Gasteiger partial charge in [0, 0.05) is 46.9 Å². The van der Waals surface area contributed by atoms with Gasteiger partial charge >= 0.3 is 0 Å². The first kappa shape index (κ1) is 21.3. The van der Waals surface area contributed by atoms with Gasteiger partial charge in [0.1, 0.15) is 0 Å². The molecule has 3 rings (SSSR count). The van der Waals surface area contributed by atoms with Crippen LogP contribution in [0.1, 0.15) is 22.3 Å². The molecule has 0 saturated carbocycles. The number of morpholine rings is 1. The third-order valence-electron chi connectivity index (χ3n) is 5.08. The Balaban J connectivity index is 1.51. The first-order chi connectivity index (χ1) is 14.3. The molecule has 0 aliphatic carbocycles. The monoisotopic (exact) mass is 396 g/mol. The quantitative estimate of drug-likeness (QED) is 0.530. The minimum atomic E-state index is 0.640. The van der Waals surface area contributed by atoms with E-state index in [1.54, 1.807) is 14.2 Å². The molecule has 2 N–H and O–H groups in total. The second-order valence-electron chi connectivity index (χ2n) is 7.19. The summed E-state index contributed by atoms with van der Waals surface area (Å²) in [6.45, 7) is 6.70. The topological polar surface area (TPSA) is 58.1 Å². The molecule has 1 aliphatic rings. The number of aliphatic imine (C=N–C) groups is 1. The van der Waals surface area contributed by atoms with Gasteiger partial charge in [0.15, 0.2) is 5.96 Å². The molecule has 156 valence electrons. The molecule has 1 saturated heterocycles. The molecule has 0 atom stereocenters. The van der Waals surface area contributed by atoms with Crippen LogP contribution in [0, 0.1) is 0 Å².